The molecule has 8 heteroatoms. The summed E-state index contributed by atoms with van der Waals surface area (Å²) in [7, 11) is 0. The average Bonchev–Trinajstić information content (AvgIpc) is 2.36. The van der Waals surface area contributed by atoms with Gasteiger partial charge in [0.05, 0.1) is 11.1 Å². The van der Waals surface area contributed by atoms with Crippen LogP contribution in [0.1, 0.15) is 36.2 Å². The van der Waals surface area contributed by atoms with Crippen LogP contribution in [0, 0.1) is 5.82 Å². The fourth-order valence-corrected chi connectivity index (χ4v) is 1.54. The van der Waals surface area contributed by atoms with E-state index in [1.165, 1.54) is 13.8 Å². The molecule has 116 valence electrons. The van der Waals surface area contributed by atoms with E-state index in [1.807, 2.05) is 5.32 Å². The van der Waals surface area contributed by atoms with Crippen molar-refractivity contribution in [3.63, 3.8) is 0 Å². The Labute approximate surface area is 117 Å². The van der Waals surface area contributed by atoms with Gasteiger partial charge in [0, 0.05) is 0 Å². The van der Waals surface area contributed by atoms with E-state index in [1.54, 1.807) is 0 Å². The van der Waals surface area contributed by atoms with Gasteiger partial charge in [0.1, 0.15) is 11.4 Å². The zero-order valence-electron chi connectivity index (χ0n) is 11.2. The van der Waals surface area contributed by atoms with Crippen LogP contribution in [0.3, 0.4) is 0 Å². The predicted molar refractivity (Wildman–Crippen MR) is 65.2 cm³/mol. The zero-order chi connectivity index (χ0) is 16.4. The molecule has 1 aromatic rings. The highest BCUT2D eigenvalue weighted by atomic mass is 19.4. The second-order valence-corrected chi connectivity index (χ2v) is 4.61. The number of amides is 1. The minimum Gasteiger partial charge on any atom is -0.480 e. The number of carbonyl (C=O) groups is 2. The quantitative estimate of drug-likeness (QED) is 0.841. The maximum atomic E-state index is 13.8. The number of nitrogens with one attached hydrogen (secondary N) is 1. The normalized spacial score (nSPS) is 14.4. The van der Waals surface area contributed by atoms with Crippen LogP contribution < -0.4 is 5.32 Å². The molecule has 0 heterocycles. The first-order valence-electron chi connectivity index (χ1n) is 5.94. The van der Waals surface area contributed by atoms with Crippen LogP contribution in [-0.2, 0) is 11.0 Å². The molecule has 1 unspecified atom stereocenters. The van der Waals surface area contributed by atoms with Gasteiger partial charge in [-0.15, -0.1) is 0 Å². The highest BCUT2D eigenvalue weighted by molar-refractivity contribution is 5.98. The SMILES string of the molecule is CCC(C)(NC(=O)c1cccc(C(F)(F)F)c1F)C(=O)O. The van der Waals surface area contributed by atoms with Gasteiger partial charge in [-0.2, -0.15) is 13.2 Å². The zero-order valence-corrected chi connectivity index (χ0v) is 11.2. The standard InChI is InChI=1S/C13H13F4NO3/c1-3-12(2,11(20)21)18-10(19)7-5-4-6-8(9(7)14)13(15,16)17/h4-6H,3H2,1-2H3,(H,18,19)(H,20,21). The Bertz CT molecular complexity index is 571. The molecule has 0 saturated heterocycles. The van der Waals surface area contributed by atoms with Crippen LogP contribution in [-0.4, -0.2) is 22.5 Å². The van der Waals surface area contributed by atoms with Crippen molar-refractivity contribution in [1.29, 1.82) is 0 Å². The molecule has 21 heavy (non-hydrogen) atoms. The minimum absolute atomic E-state index is 0.0192. The first-order chi connectivity index (χ1) is 9.53. The van der Waals surface area contributed by atoms with Crippen LogP contribution in [0.25, 0.3) is 0 Å². The van der Waals surface area contributed by atoms with Gasteiger partial charge >= 0.3 is 12.1 Å². The van der Waals surface area contributed by atoms with Crippen molar-refractivity contribution in [2.75, 3.05) is 0 Å². The molecule has 0 fully saturated rings. The monoisotopic (exact) mass is 307 g/mol. The number of carboxylic acid groups (broad SMARTS) is 1. The molecule has 0 aliphatic carbocycles. The van der Waals surface area contributed by atoms with Crippen molar-refractivity contribution in [3.8, 4) is 0 Å². The summed E-state index contributed by atoms with van der Waals surface area (Å²) >= 11 is 0. The van der Waals surface area contributed by atoms with E-state index in [-0.39, 0.29) is 6.42 Å². The van der Waals surface area contributed by atoms with Crippen molar-refractivity contribution < 1.29 is 32.3 Å². The van der Waals surface area contributed by atoms with Gasteiger partial charge in [0.15, 0.2) is 0 Å². The number of alkyl halides is 3. The van der Waals surface area contributed by atoms with Gasteiger partial charge in [-0.25, -0.2) is 9.18 Å². The Morgan fingerprint density at radius 2 is 1.86 bits per heavy atom. The summed E-state index contributed by atoms with van der Waals surface area (Å²) in [4.78, 5) is 22.9. The summed E-state index contributed by atoms with van der Waals surface area (Å²) in [5, 5.41) is 11.0. The van der Waals surface area contributed by atoms with Crippen molar-refractivity contribution in [1.82, 2.24) is 5.32 Å². The lowest BCUT2D eigenvalue weighted by Gasteiger charge is -2.24. The lowest BCUT2D eigenvalue weighted by molar-refractivity contribution is -0.144. The Morgan fingerprint density at radius 1 is 1.29 bits per heavy atom. The third-order valence-corrected chi connectivity index (χ3v) is 3.12. The fourth-order valence-electron chi connectivity index (χ4n) is 1.54. The van der Waals surface area contributed by atoms with Gasteiger partial charge in [-0.3, -0.25) is 4.79 Å². The summed E-state index contributed by atoms with van der Waals surface area (Å²) in [6, 6.07) is 2.24. The highest BCUT2D eigenvalue weighted by Gasteiger charge is 2.37. The first-order valence-corrected chi connectivity index (χ1v) is 5.94. The topological polar surface area (TPSA) is 66.4 Å². The number of halogens is 4. The molecule has 4 nitrogen and oxygen atoms in total. The summed E-state index contributed by atoms with van der Waals surface area (Å²) in [5.41, 5.74) is -4.13. The van der Waals surface area contributed by atoms with Crippen LogP contribution >= 0.6 is 0 Å². The molecule has 0 bridgehead atoms. The number of hydrogen-bond acceptors (Lipinski definition) is 2. The molecule has 0 spiro atoms. The van der Waals surface area contributed by atoms with E-state index in [9.17, 15) is 27.2 Å². The van der Waals surface area contributed by atoms with E-state index in [0.717, 1.165) is 12.1 Å². The minimum atomic E-state index is -4.94. The van der Waals surface area contributed by atoms with Gasteiger partial charge in [0.2, 0.25) is 0 Å². The molecule has 1 amide bonds. The van der Waals surface area contributed by atoms with Crippen LogP contribution in [0.15, 0.2) is 18.2 Å². The number of carboxylic acids is 1. The second kappa shape index (κ2) is 5.71. The Balaban J connectivity index is 3.18. The summed E-state index contributed by atoms with van der Waals surface area (Å²) in [6.45, 7) is 2.65. The largest absolute Gasteiger partial charge is 0.480 e. The van der Waals surface area contributed by atoms with Gasteiger partial charge in [-0.1, -0.05) is 13.0 Å². The predicted octanol–water partition coefficient (Wildman–Crippen LogP) is 2.83. The van der Waals surface area contributed by atoms with Gasteiger partial charge < -0.3 is 10.4 Å². The highest BCUT2D eigenvalue weighted by Crippen LogP contribution is 2.32. The van der Waals surface area contributed by atoms with Crippen LogP contribution in [0.5, 0.6) is 0 Å². The smallest absolute Gasteiger partial charge is 0.419 e. The summed E-state index contributed by atoms with van der Waals surface area (Å²) in [5.74, 6) is -4.32. The Morgan fingerprint density at radius 3 is 2.29 bits per heavy atom. The van der Waals surface area contributed by atoms with Crippen LogP contribution in [0.2, 0.25) is 0 Å². The van der Waals surface area contributed by atoms with E-state index in [4.69, 9.17) is 5.11 Å². The van der Waals surface area contributed by atoms with E-state index < -0.39 is 40.5 Å². The molecule has 1 rings (SSSR count). The molecule has 1 aromatic carbocycles. The number of aliphatic carboxylic acids is 1. The first kappa shape index (κ1) is 16.9. The molecule has 0 aliphatic heterocycles. The molecule has 0 saturated carbocycles. The third kappa shape index (κ3) is 3.50. The average molecular weight is 307 g/mol. The summed E-state index contributed by atoms with van der Waals surface area (Å²) < 4.78 is 51.4. The molecule has 1 atom stereocenters. The molecule has 0 radical (unpaired) electrons. The maximum absolute atomic E-state index is 13.8. The molecule has 0 aliphatic rings. The van der Waals surface area contributed by atoms with Crippen molar-refractivity contribution in [2.45, 2.75) is 32.0 Å². The van der Waals surface area contributed by atoms with E-state index >= 15 is 0 Å². The lowest BCUT2D eigenvalue weighted by atomic mass is 9.98. The fraction of sp³-hybridized carbons (Fsp3) is 0.385. The molecule has 0 aromatic heterocycles. The molecular formula is C13H13F4NO3. The van der Waals surface area contributed by atoms with E-state index in [2.05, 4.69) is 0 Å². The van der Waals surface area contributed by atoms with Crippen molar-refractivity contribution in [3.05, 3.63) is 35.1 Å². The number of rotatable bonds is 4. The van der Waals surface area contributed by atoms with E-state index in [0.29, 0.717) is 6.07 Å². The third-order valence-electron chi connectivity index (χ3n) is 3.12. The number of carbonyl (C=O) groups excluding carboxylic acids is 1. The second-order valence-electron chi connectivity index (χ2n) is 4.61. The van der Waals surface area contributed by atoms with Crippen LogP contribution in [0.4, 0.5) is 17.6 Å². The van der Waals surface area contributed by atoms with Gasteiger partial charge in [-0.05, 0) is 25.5 Å². The van der Waals surface area contributed by atoms with Gasteiger partial charge in [0.25, 0.3) is 5.91 Å². The van der Waals surface area contributed by atoms with Crippen molar-refractivity contribution >= 4 is 11.9 Å². The Kier molecular flexibility index (Phi) is 4.60. The number of benzene rings is 1. The number of hydrogen-bond donors (Lipinski definition) is 2. The Hall–Kier alpha value is -2.12. The van der Waals surface area contributed by atoms with Crippen molar-refractivity contribution in [2.24, 2.45) is 0 Å². The molecular weight excluding hydrogens is 294 g/mol. The summed E-state index contributed by atoms with van der Waals surface area (Å²) in [6.07, 6.45) is -4.96. The molecule has 2 N–H and O–H groups in total. The maximum Gasteiger partial charge on any atom is 0.419 e. The lowest BCUT2D eigenvalue weighted by Crippen LogP contribution is -2.51.